The van der Waals surface area contributed by atoms with Crippen LogP contribution in [0.5, 0.6) is 0 Å². The third-order valence-electron chi connectivity index (χ3n) is 3.52. The van der Waals surface area contributed by atoms with Gasteiger partial charge in [0.05, 0.1) is 12.1 Å². The summed E-state index contributed by atoms with van der Waals surface area (Å²) in [6.07, 6.45) is 0.186. The minimum absolute atomic E-state index is 0.152. The summed E-state index contributed by atoms with van der Waals surface area (Å²) in [7, 11) is 0. The van der Waals surface area contributed by atoms with E-state index in [1.54, 1.807) is 17.9 Å². The summed E-state index contributed by atoms with van der Waals surface area (Å²) >= 11 is 0. The summed E-state index contributed by atoms with van der Waals surface area (Å²) in [5, 5.41) is 0. The first-order chi connectivity index (χ1) is 10.7. The van der Waals surface area contributed by atoms with Gasteiger partial charge >= 0.3 is 6.17 Å². The number of benzene rings is 2. The van der Waals surface area contributed by atoms with E-state index < -0.39 is 6.17 Å². The minimum Gasteiger partial charge on any atom is -0.302 e. The third-order valence-corrected chi connectivity index (χ3v) is 3.52. The molecule has 0 fully saturated rings. The van der Waals surface area contributed by atoms with E-state index in [4.69, 9.17) is 6.57 Å². The third kappa shape index (κ3) is 3.78. The van der Waals surface area contributed by atoms with Crippen LogP contribution in [0, 0.1) is 19.3 Å². The number of rotatable bonds is 6. The fourth-order valence-corrected chi connectivity index (χ4v) is 2.44. The summed E-state index contributed by atoms with van der Waals surface area (Å²) in [6, 6.07) is 14.1. The number of aryl methyl sites for hydroxylation is 1. The molecular weight excluding hydrogens is 279 g/mol. The standard InChI is InChI=1S/C18H17FN2O/c1-14-12-16(19)8-9-17(14)18(20-2)21(10-11-22)13-15-6-4-3-5-7-15/h3-9,11-12,18H,10,13H2,1H3. The molecule has 1 atom stereocenters. The maximum Gasteiger partial charge on any atom is 0.306 e. The summed E-state index contributed by atoms with van der Waals surface area (Å²) in [6.45, 7) is 9.91. The molecule has 0 saturated heterocycles. The van der Waals surface area contributed by atoms with Crippen LogP contribution < -0.4 is 0 Å². The predicted molar refractivity (Wildman–Crippen MR) is 83.4 cm³/mol. The van der Waals surface area contributed by atoms with Crippen LogP contribution in [-0.2, 0) is 11.3 Å². The fourth-order valence-electron chi connectivity index (χ4n) is 2.44. The average molecular weight is 296 g/mol. The molecule has 2 rings (SSSR count). The van der Waals surface area contributed by atoms with Crippen molar-refractivity contribution in [1.82, 2.24) is 4.90 Å². The summed E-state index contributed by atoms with van der Waals surface area (Å²) < 4.78 is 13.3. The molecule has 0 radical (unpaired) electrons. The van der Waals surface area contributed by atoms with Crippen LogP contribution in [0.25, 0.3) is 4.85 Å². The molecule has 4 heteroatoms. The maximum absolute atomic E-state index is 13.3. The van der Waals surface area contributed by atoms with Crippen LogP contribution in [0.1, 0.15) is 22.9 Å². The van der Waals surface area contributed by atoms with Crippen molar-refractivity contribution in [1.29, 1.82) is 0 Å². The Hall–Kier alpha value is -2.51. The Balaban J connectivity index is 2.32. The summed E-state index contributed by atoms with van der Waals surface area (Å²) in [5.74, 6) is -0.324. The molecule has 0 aliphatic rings. The minimum atomic E-state index is -0.606. The van der Waals surface area contributed by atoms with E-state index in [9.17, 15) is 9.18 Å². The number of aldehydes is 1. The highest BCUT2D eigenvalue weighted by atomic mass is 19.1. The van der Waals surface area contributed by atoms with Gasteiger partial charge in [-0.25, -0.2) is 15.9 Å². The van der Waals surface area contributed by atoms with Crippen molar-refractivity contribution in [3.63, 3.8) is 0 Å². The lowest BCUT2D eigenvalue weighted by Crippen LogP contribution is -2.29. The van der Waals surface area contributed by atoms with E-state index in [-0.39, 0.29) is 12.4 Å². The van der Waals surface area contributed by atoms with Crippen LogP contribution in [0.2, 0.25) is 0 Å². The van der Waals surface area contributed by atoms with Crippen LogP contribution >= 0.6 is 0 Å². The lowest BCUT2D eigenvalue weighted by atomic mass is 10.0. The van der Waals surface area contributed by atoms with Crippen molar-refractivity contribution < 1.29 is 9.18 Å². The Labute approximate surface area is 129 Å². The number of halogens is 1. The highest BCUT2D eigenvalue weighted by molar-refractivity contribution is 5.52. The smallest absolute Gasteiger partial charge is 0.302 e. The Morgan fingerprint density at radius 2 is 2.00 bits per heavy atom. The average Bonchev–Trinajstić information content (AvgIpc) is 2.51. The number of carbonyl (C=O) groups excluding carboxylic acids is 1. The molecule has 2 aromatic carbocycles. The van der Waals surface area contributed by atoms with Gasteiger partial charge in [-0.2, -0.15) is 0 Å². The quantitative estimate of drug-likeness (QED) is 0.599. The molecule has 0 bridgehead atoms. The maximum atomic E-state index is 13.3. The molecule has 112 valence electrons. The highest BCUT2D eigenvalue weighted by Crippen LogP contribution is 2.27. The van der Waals surface area contributed by atoms with E-state index in [0.717, 1.165) is 17.4 Å². The van der Waals surface area contributed by atoms with E-state index in [1.807, 2.05) is 30.3 Å². The first kappa shape index (κ1) is 15.9. The van der Waals surface area contributed by atoms with Gasteiger partial charge in [0, 0.05) is 6.54 Å². The predicted octanol–water partition coefficient (Wildman–Crippen LogP) is 3.75. The second-order valence-corrected chi connectivity index (χ2v) is 5.09. The Kier molecular flexibility index (Phi) is 5.40. The number of hydrogen-bond acceptors (Lipinski definition) is 2. The zero-order chi connectivity index (χ0) is 15.9. The van der Waals surface area contributed by atoms with Crippen molar-refractivity contribution in [2.75, 3.05) is 6.54 Å². The Bertz CT molecular complexity index is 679. The van der Waals surface area contributed by atoms with Gasteiger partial charge in [0.15, 0.2) is 0 Å². The van der Waals surface area contributed by atoms with Crippen molar-refractivity contribution in [2.45, 2.75) is 19.6 Å². The van der Waals surface area contributed by atoms with E-state index >= 15 is 0 Å². The zero-order valence-corrected chi connectivity index (χ0v) is 12.4. The molecule has 0 aliphatic heterocycles. The number of hydrogen-bond donors (Lipinski definition) is 0. The Morgan fingerprint density at radius 3 is 2.59 bits per heavy atom. The van der Waals surface area contributed by atoms with E-state index in [1.165, 1.54) is 12.1 Å². The summed E-state index contributed by atoms with van der Waals surface area (Å²) in [4.78, 5) is 16.4. The molecular formula is C18H17FN2O. The SMILES string of the molecule is [C-]#[N+]C(c1ccc(F)cc1C)N(CC=O)Cc1ccccc1. The first-order valence-corrected chi connectivity index (χ1v) is 7.00. The molecule has 0 amide bonds. The highest BCUT2D eigenvalue weighted by Gasteiger charge is 2.26. The molecule has 0 aromatic heterocycles. The molecule has 3 nitrogen and oxygen atoms in total. The van der Waals surface area contributed by atoms with Crippen LogP contribution in [-0.4, -0.2) is 17.7 Å². The van der Waals surface area contributed by atoms with E-state index in [2.05, 4.69) is 4.85 Å². The lowest BCUT2D eigenvalue weighted by molar-refractivity contribution is -0.109. The molecule has 0 aliphatic carbocycles. The second kappa shape index (κ2) is 7.48. The first-order valence-electron chi connectivity index (χ1n) is 7.00. The molecule has 0 saturated carbocycles. The van der Waals surface area contributed by atoms with Crippen LogP contribution in [0.4, 0.5) is 4.39 Å². The van der Waals surface area contributed by atoms with Gasteiger partial charge in [0.1, 0.15) is 12.1 Å². The topological polar surface area (TPSA) is 24.7 Å². The Morgan fingerprint density at radius 1 is 1.27 bits per heavy atom. The van der Waals surface area contributed by atoms with Crippen molar-refractivity contribution in [2.24, 2.45) is 0 Å². The largest absolute Gasteiger partial charge is 0.306 e. The molecule has 0 spiro atoms. The lowest BCUT2D eigenvalue weighted by Gasteiger charge is -2.22. The van der Waals surface area contributed by atoms with Gasteiger partial charge in [0.25, 0.3) is 0 Å². The number of nitrogens with zero attached hydrogens (tertiary/aromatic N) is 2. The fraction of sp³-hybridized carbons (Fsp3) is 0.222. The van der Waals surface area contributed by atoms with Gasteiger partial charge in [0.2, 0.25) is 0 Å². The van der Waals surface area contributed by atoms with Gasteiger partial charge in [-0.05, 0) is 36.2 Å². The van der Waals surface area contributed by atoms with Gasteiger partial charge in [-0.1, -0.05) is 30.3 Å². The normalized spacial score (nSPS) is 11.9. The molecule has 2 aromatic rings. The second-order valence-electron chi connectivity index (χ2n) is 5.09. The van der Waals surface area contributed by atoms with E-state index in [0.29, 0.717) is 12.1 Å². The van der Waals surface area contributed by atoms with Crippen LogP contribution in [0.3, 0.4) is 0 Å². The molecule has 0 heterocycles. The molecule has 22 heavy (non-hydrogen) atoms. The van der Waals surface area contributed by atoms with Crippen molar-refractivity contribution in [3.05, 3.63) is 82.5 Å². The van der Waals surface area contributed by atoms with Crippen molar-refractivity contribution >= 4 is 6.29 Å². The van der Waals surface area contributed by atoms with Crippen molar-refractivity contribution in [3.8, 4) is 0 Å². The molecule has 0 N–H and O–H groups in total. The monoisotopic (exact) mass is 296 g/mol. The zero-order valence-electron chi connectivity index (χ0n) is 12.4. The van der Waals surface area contributed by atoms with Gasteiger partial charge in [-0.3, -0.25) is 4.85 Å². The van der Waals surface area contributed by atoms with Gasteiger partial charge < -0.3 is 4.79 Å². The summed E-state index contributed by atoms with van der Waals surface area (Å²) in [5.41, 5.74) is 2.47. The molecule has 1 unspecified atom stereocenters. The number of carbonyl (C=O) groups is 1. The van der Waals surface area contributed by atoms with Crippen LogP contribution in [0.15, 0.2) is 48.5 Å². The van der Waals surface area contributed by atoms with Gasteiger partial charge in [-0.15, -0.1) is 0 Å².